The first-order valence-electron chi connectivity index (χ1n) is 10.2. The Morgan fingerprint density at radius 1 is 1.28 bits per heavy atom. The summed E-state index contributed by atoms with van der Waals surface area (Å²) >= 11 is 0. The van der Waals surface area contributed by atoms with E-state index in [1.807, 2.05) is 24.3 Å². The van der Waals surface area contributed by atoms with Gasteiger partial charge in [-0.3, -0.25) is 4.21 Å². The van der Waals surface area contributed by atoms with Crippen LogP contribution in [0.15, 0.2) is 33.7 Å². The van der Waals surface area contributed by atoms with Gasteiger partial charge in [0.2, 0.25) is 0 Å². The van der Waals surface area contributed by atoms with Crippen molar-refractivity contribution in [2.24, 2.45) is 17.8 Å². The summed E-state index contributed by atoms with van der Waals surface area (Å²) in [5.41, 5.74) is 0. The van der Waals surface area contributed by atoms with Gasteiger partial charge in [0.15, 0.2) is 5.82 Å². The number of piperidine rings is 1. The van der Waals surface area contributed by atoms with Crippen LogP contribution in [0.4, 0.5) is 6.01 Å². The summed E-state index contributed by atoms with van der Waals surface area (Å²) in [6, 6.07) is 8.07. The zero-order valence-corrected chi connectivity index (χ0v) is 17.5. The van der Waals surface area contributed by atoms with Gasteiger partial charge in [0.05, 0.1) is 13.0 Å². The van der Waals surface area contributed by atoms with E-state index in [0.717, 1.165) is 73.6 Å². The molecule has 1 aromatic heterocycles. The molecule has 4 rings (SSSR count). The number of aldehydes is 1. The minimum absolute atomic E-state index is 0.202. The summed E-state index contributed by atoms with van der Waals surface area (Å²) in [6.07, 6.45) is 7.35. The van der Waals surface area contributed by atoms with Crippen LogP contribution in [0.1, 0.15) is 31.5 Å². The molecule has 2 aliphatic rings. The van der Waals surface area contributed by atoms with Crippen molar-refractivity contribution in [2.45, 2.75) is 37.0 Å². The number of carbonyl (C=O) groups excluding carboxylic acids is 1. The third-order valence-electron chi connectivity index (χ3n) is 6.03. The Labute approximate surface area is 173 Å². The van der Waals surface area contributed by atoms with Gasteiger partial charge in [0, 0.05) is 35.0 Å². The van der Waals surface area contributed by atoms with Gasteiger partial charge in [-0.15, -0.1) is 0 Å². The van der Waals surface area contributed by atoms with Crippen molar-refractivity contribution >= 4 is 23.1 Å². The molecule has 3 atom stereocenters. The normalized spacial score (nSPS) is 23.0. The summed E-state index contributed by atoms with van der Waals surface area (Å²) in [6.45, 7) is 2.59. The second-order valence-electron chi connectivity index (χ2n) is 7.91. The second kappa shape index (κ2) is 9.07. The van der Waals surface area contributed by atoms with Crippen molar-refractivity contribution in [2.75, 3.05) is 30.9 Å². The smallest absolute Gasteiger partial charge is 0.324 e. The van der Waals surface area contributed by atoms with Gasteiger partial charge in [0.1, 0.15) is 12.0 Å². The highest BCUT2D eigenvalue weighted by Gasteiger charge is 2.43. The fraction of sp³-hybridized carbons (Fsp3) is 0.571. The third kappa shape index (κ3) is 5.04. The van der Waals surface area contributed by atoms with Crippen LogP contribution in [0.2, 0.25) is 0 Å². The van der Waals surface area contributed by atoms with Crippen molar-refractivity contribution in [1.82, 2.24) is 10.1 Å². The summed E-state index contributed by atoms with van der Waals surface area (Å²) in [5.74, 6) is 3.62. The Hall–Kier alpha value is -2.22. The van der Waals surface area contributed by atoms with E-state index >= 15 is 0 Å². The van der Waals surface area contributed by atoms with Gasteiger partial charge >= 0.3 is 6.01 Å². The molecule has 1 aliphatic carbocycles. The fourth-order valence-electron chi connectivity index (χ4n) is 4.29. The van der Waals surface area contributed by atoms with Crippen LogP contribution < -0.4 is 9.64 Å². The van der Waals surface area contributed by atoms with Crippen LogP contribution in [0.5, 0.6) is 5.75 Å². The maximum atomic E-state index is 11.4. The number of hydrogen-bond acceptors (Lipinski definition) is 7. The highest BCUT2D eigenvalue weighted by Crippen LogP contribution is 2.49. The van der Waals surface area contributed by atoms with E-state index in [0.29, 0.717) is 11.8 Å². The molecule has 1 aromatic carbocycles. The van der Waals surface area contributed by atoms with Crippen LogP contribution in [0, 0.1) is 17.8 Å². The minimum Gasteiger partial charge on any atom is -0.494 e. The molecule has 29 heavy (non-hydrogen) atoms. The Morgan fingerprint density at radius 2 is 2.03 bits per heavy atom. The molecule has 2 aromatic rings. The molecular weight excluding hydrogens is 390 g/mol. The summed E-state index contributed by atoms with van der Waals surface area (Å²) in [7, 11) is -0.949. The molecule has 0 amide bonds. The van der Waals surface area contributed by atoms with Crippen molar-refractivity contribution in [3.05, 3.63) is 30.1 Å². The molecular formula is C21H27N3O4S. The topological polar surface area (TPSA) is 85.5 Å². The van der Waals surface area contributed by atoms with Gasteiger partial charge < -0.3 is 19.0 Å². The lowest BCUT2D eigenvalue weighted by Gasteiger charge is -2.30. The lowest BCUT2D eigenvalue weighted by molar-refractivity contribution is -0.107. The Morgan fingerprint density at radius 3 is 2.72 bits per heavy atom. The number of benzene rings is 1. The van der Waals surface area contributed by atoms with Crippen molar-refractivity contribution in [3.63, 3.8) is 0 Å². The Kier molecular flexibility index (Phi) is 6.28. The molecule has 0 N–H and O–H groups in total. The molecule has 2 heterocycles. The number of ether oxygens (including phenoxy) is 1. The van der Waals surface area contributed by atoms with E-state index in [1.54, 1.807) is 6.26 Å². The van der Waals surface area contributed by atoms with E-state index < -0.39 is 10.8 Å². The van der Waals surface area contributed by atoms with Gasteiger partial charge in [-0.05, 0) is 67.7 Å². The van der Waals surface area contributed by atoms with Gasteiger partial charge in [-0.1, -0.05) is 5.16 Å². The van der Waals surface area contributed by atoms with Crippen molar-refractivity contribution in [3.8, 4) is 5.75 Å². The SMILES string of the molecule is CS(=O)c1ccc(OCCC2CC2C2CCN(c3nc(CC=O)no3)CC2)cc1. The van der Waals surface area contributed by atoms with Crippen molar-refractivity contribution in [1.29, 1.82) is 0 Å². The lowest BCUT2D eigenvalue weighted by atomic mass is 9.90. The number of hydrogen-bond donors (Lipinski definition) is 0. The number of rotatable bonds is 9. The van der Waals surface area contributed by atoms with E-state index in [2.05, 4.69) is 15.0 Å². The molecule has 0 spiro atoms. The standard InChI is InChI=1S/C21H27N3O4S/c1-29(26)18-4-2-17(3-5-18)27-13-9-16-14-19(16)15-6-10-24(11-7-15)21-22-20(8-12-25)23-28-21/h2-5,12,15-16,19H,6-11,13-14H2,1H3. The maximum Gasteiger partial charge on any atom is 0.324 e. The van der Waals surface area contributed by atoms with E-state index in [4.69, 9.17) is 9.26 Å². The Bertz CT molecular complexity index is 846. The zero-order chi connectivity index (χ0) is 20.2. The van der Waals surface area contributed by atoms with Crippen LogP contribution in [0.3, 0.4) is 0 Å². The molecule has 1 saturated heterocycles. The number of carbonyl (C=O) groups is 1. The third-order valence-corrected chi connectivity index (χ3v) is 6.97. The average Bonchev–Trinajstić information content (AvgIpc) is 3.36. The zero-order valence-electron chi connectivity index (χ0n) is 16.7. The summed E-state index contributed by atoms with van der Waals surface area (Å²) < 4.78 is 22.6. The minimum atomic E-state index is -0.949. The van der Waals surface area contributed by atoms with E-state index in [-0.39, 0.29) is 6.42 Å². The molecule has 0 radical (unpaired) electrons. The number of aromatic nitrogens is 2. The van der Waals surface area contributed by atoms with Crippen LogP contribution in [-0.4, -0.2) is 46.6 Å². The lowest BCUT2D eigenvalue weighted by Crippen LogP contribution is -2.34. The van der Waals surface area contributed by atoms with E-state index in [9.17, 15) is 9.00 Å². The maximum absolute atomic E-state index is 11.4. The fourth-order valence-corrected chi connectivity index (χ4v) is 4.80. The first kappa shape index (κ1) is 20.1. The molecule has 3 unspecified atom stereocenters. The first-order valence-corrected chi connectivity index (χ1v) is 11.8. The van der Waals surface area contributed by atoms with Crippen LogP contribution in [-0.2, 0) is 22.0 Å². The first-order chi connectivity index (χ1) is 14.1. The molecule has 156 valence electrons. The largest absolute Gasteiger partial charge is 0.494 e. The predicted molar refractivity (Wildman–Crippen MR) is 109 cm³/mol. The van der Waals surface area contributed by atoms with Gasteiger partial charge in [-0.2, -0.15) is 4.98 Å². The Balaban J connectivity index is 1.16. The van der Waals surface area contributed by atoms with Crippen LogP contribution in [0.25, 0.3) is 0 Å². The average molecular weight is 418 g/mol. The second-order valence-corrected chi connectivity index (χ2v) is 9.29. The monoisotopic (exact) mass is 417 g/mol. The van der Waals surface area contributed by atoms with Gasteiger partial charge in [-0.25, -0.2) is 0 Å². The predicted octanol–water partition coefficient (Wildman–Crippen LogP) is 2.87. The molecule has 1 saturated carbocycles. The number of anilines is 1. The molecule has 8 heteroatoms. The highest BCUT2D eigenvalue weighted by atomic mass is 32.2. The summed E-state index contributed by atoms with van der Waals surface area (Å²) in [4.78, 5) is 17.8. The molecule has 7 nitrogen and oxygen atoms in total. The van der Waals surface area contributed by atoms with E-state index in [1.165, 1.54) is 6.42 Å². The molecule has 0 bridgehead atoms. The van der Waals surface area contributed by atoms with Gasteiger partial charge in [0.25, 0.3) is 0 Å². The quantitative estimate of drug-likeness (QED) is 0.580. The number of nitrogens with zero attached hydrogens (tertiary/aromatic N) is 3. The highest BCUT2D eigenvalue weighted by molar-refractivity contribution is 7.84. The van der Waals surface area contributed by atoms with Crippen LogP contribution >= 0.6 is 0 Å². The molecule has 1 aliphatic heterocycles. The molecule has 2 fully saturated rings. The van der Waals surface area contributed by atoms with Crippen molar-refractivity contribution < 1.29 is 18.3 Å². The summed E-state index contributed by atoms with van der Waals surface area (Å²) in [5, 5.41) is 3.84.